The quantitative estimate of drug-likeness (QED) is 0.807. The fourth-order valence-corrected chi connectivity index (χ4v) is 1.79. The molecule has 2 aromatic rings. The highest BCUT2D eigenvalue weighted by atomic mass is 16.6. The first kappa shape index (κ1) is 10.2. The van der Waals surface area contributed by atoms with Crippen molar-refractivity contribution in [1.29, 1.82) is 0 Å². The van der Waals surface area contributed by atoms with Crippen molar-refractivity contribution in [3.63, 3.8) is 0 Å². The highest BCUT2D eigenvalue weighted by molar-refractivity contribution is 5.60. The Morgan fingerprint density at radius 2 is 2.18 bits per heavy atom. The van der Waals surface area contributed by atoms with E-state index in [0.29, 0.717) is 12.4 Å². The lowest BCUT2D eigenvalue weighted by atomic mass is 10.0. The topological polar surface area (TPSA) is 113 Å². The van der Waals surface area contributed by atoms with Crippen LogP contribution in [-0.2, 0) is 4.74 Å². The van der Waals surface area contributed by atoms with Gasteiger partial charge in [0, 0.05) is 12.5 Å². The van der Waals surface area contributed by atoms with Crippen molar-refractivity contribution in [3.8, 4) is 11.6 Å². The van der Waals surface area contributed by atoms with Crippen LogP contribution in [0.1, 0.15) is 24.6 Å². The van der Waals surface area contributed by atoms with E-state index in [9.17, 15) is 0 Å². The summed E-state index contributed by atoms with van der Waals surface area (Å²) in [6.45, 7) is 1.41. The van der Waals surface area contributed by atoms with Gasteiger partial charge in [0.1, 0.15) is 0 Å². The van der Waals surface area contributed by atoms with Crippen LogP contribution in [0.3, 0.4) is 0 Å². The van der Waals surface area contributed by atoms with E-state index in [1.54, 1.807) is 0 Å². The lowest BCUT2D eigenvalue weighted by Crippen LogP contribution is -2.16. The number of nitrogen functional groups attached to an aromatic ring is 1. The van der Waals surface area contributed by atoms with Crippen molar-refractivity contribution in [3.05, 3.63) is 5.82 Å². The van der Waals surface area contributed by atoms with E-state index >= 15 is 0 Å². The summed E-state index contributed by atoms with van der Waals surface area (Å²) < 4.78 is 14.9. The maximum absolute atomic E-state index is 5.54. The Morgan fingerprint density at radius 3 is 2.88 bits per heavy atom. The standard InChI is InChI=1S/C9H11N5O3/c10-7-6(12-17-13-7)9-11-8(14-16-9)5-2-1-3-15-4-5/h5H,1-4H2,(H2,10,13). The Balaban J connectivity index is 1.85. The third kappa shape index (κ3) is 1.86. The van der Waals surface area contributed by atoms with Gasteiger partial charge < -0.3 is 15.0 Å². The molecule has 3 rings (SSSR count). The van der Waals surface area contributed by atoms with E-state index in [1.807, 2.05) is 0 Å². The molecule has 2 aromatic heterocycles. The third-order valence-electron chi connectivity index (χ3n) is 2.68. The maximum Gasteiger partial charge on any atom is 0.284 e. The molecule has 17 heavy (non-hydrogen) atoms. The molecule has 1 aliphatic heterocycles. The van der Waals surface area contributed by atoms with Crippen LogP contribution in [0.2, 0.25) is 0 Å². The van der Waals surface area contributed by atoms with E-state index < -0.39 is 0 Å². The normalized spacial score (nSPS) is 20.6. The Hall–Kier alpha value is -1.96. The molecule has 1 unspecified atom stereocenters. The van der Waals surface area contributed by atoms with Gasteiger partial charge in [-0.05, 0) is 23.2 Å². The van der Waals surface area contributed by atoms with Gasteiger partial charge in [0.15, 0.2) is 5.82 Å². The molecule has 0 amide bonds. The fraction of sp³-hybridized carbons (Fsp3) is 0.556. The minimum Gasteiger partial charge on any atom is -0.381 e. The molecule has 1 atom stereocenters. The number of ether oxygens (including phenoxy) is 1. The van der Waals surface area contributed by atoms with Crippen molar-refractivity contribution < 1.29 is 13.9 Å². The van der Waals surface area contributed by atoms with Gasteiger partial charge in [0.2, 0.25) is 11.5 Å². The summed E-state index contributed by atoms with van der Waals surface area (Å²) in [4.78, 5) is 4.24. The van der Waals surface area contributed by atoms with E-state index in [0.717, 1.165) is 19.4 Å². The lowest BCUT2D eigenvalue weighted by Gasteiger charge is -2.18. The predicted octanol–water partition coefficient (Wildman–Crippen LogP) is 0.596. The second-order valence-corrected chi connectivity index (χ2v) is 3.87. The van der Waals surface area contributed by atoms with Gasteiger partial charge in [-0.3, -0.25) is 0 Å². The van der Waals surface area contributed by atoms with Crippen LogP contribution in [0.25, 0.3) is 11.6 Å². The monoisotopic (exact) mass is 237 g/mol. The molecule has 0 bridgehead atoms. The zero-order valence-electron chi connectivity index (χ0n) is 9.00. The number of nitrogens with zero attached hydrogens (tertiary/aromatic N) is 4. The molecule has 1 saturated heterocycles. The number of nitrogens with two attached hydrogens (primary N) is 1. The second kappa shape index (κ2) is 4.13. The van der Waals surface area contributed by atoms with Crippen molar-refractivity contribution in [2.75, 3.05) is 18.9 Å². The zero-order chi connectivity index (χ0) is 11.7. The summed E-state index contributed by atoms with van der Waals surface area (Å²) in [6.07, 6.45) is 1.99. The summed E-state index contributed by atoms with van der Waals surface area (Å²) in [7, 11) is 0. The van der Waals surface area contributed by atoms with Crippen molar-refractivity contribution >= 4 is 5.82 Å². The lowest BCUT2D eigenvalue weighted by molar-refractivity contribution is 0.0773. The van der Waals surface area contributed by atoms with E-state index in [4.69, 9.17) is 15.0 Å². The molecule has 0 radical (unpaired) electrons. The summed E-state index contributed by atoms with van der Waals surface area (Å²) in [5.41, 5.74) is 5.82. The van der Waals surface area contributed by atoms with Crippen LogP contribution in [-0.4, -0.2) is 33.7 Å². The molecule has 8 nitrogen and oxygen atoms in total. The fourth-order valence-electron chi connectivity index (χ4n) is 1.79. The van der Waals surface area contributed by atoms with Crippen LogP contribution >= 0.6 is 0 Å². The summed E-state index contributed by atoms with van der Waals surface area (Å²) >= 11 is 0. The number of anilines is 1. The van der Waals surface area contributed by atoms with Crippen LogP contribution < -0.4 is 5.73 Å². The highest BCUT2D eigenvalue weighted by Gasteiger charge is 2.24. The average Bonchev–Trinajstić information content (AvgIpc) is 2.98. The van der Waals surface area contributed by atoms with Crippen LogP contribution in [0, 0.1) is 0 Å². The number of hydrogen-bond donors (Lipinski definition) is 1. The summed E-state index contributed by atoms with van der Waals surface area (Å²) in [5.74, 6) is 1.15. The molecule has 0 spiro atoms. The Bertz CT molecular complexity index is 502. The molecule has 1 fully saturated rings. The molecule has 8 heteroatoms. The Labute approximate surface area is 96.1 Å². The Morgan fingerprint density at radius 1 is 1.24 bits per heavy atom. The largest absolute Gasteiger partial charge is 0.381 e. The van der Waals surface area contributed by atoms with Gasteiger partial charge in [-0.2, -0.15) is 4.98 Å². The van der Waals surface area contributed by atoms with E-state index in [1.165, 1.54) is 0 Å². The molecule has 1 aliphatic rings. The van der Waals surface area contributed by atoms with Crippen molar-refractivity contribution in [1.82, 2.24) is 20.5 Å². The van der Waals surface area contributed by atoms with Crippen LogP contribution in [0.5, 0.6) is 0 Å². The summed E-state index contributed by atoms with van der Waals surface area (Å²) in [6, 6.07) is 0. The first-order valence-corrected chi connectivity index (χ1v) is 5.34. The second-order valence-electron chi connectivity index (χ2n) is 3.87. The zero-order valence-corrected chi connectivity index (χ0v) is 9.00. The Kier molecular flexibility index (Phi) is 2.48. The predicted molar refractivity (Wildman–Crippen MR) is 54.8 cm³/mol. The van der Waals surface area contributed by atoms with E-state index in [-0.39, 0.29) is 23.3 Å². The number of hydrogen-bond acceptors (Lipinski definition) is 8. The van der Waals surface area contributed by atoms with Gasteiger partial charge in [-0.1, -0.05) is 5.16 Å². The van der Waals surface area contributed by atoms with Crippen molar-refractivity contribution in [2.24, 2.45) is 0 Å². The maximum atomic E-state index is 5.54. The molecule has 2 N–H and O–H groups in total. The molecular formula is C9H11N5O3. The molecule has 0 saturated carbocycles. The summed E-state index contributed by atoms with van der Waals surface area (Å²) in [5, 5.41) is 11.0. The SMILES string of the molecule is Nc1nonc1-c1nc(C2CCCOC2)no1. The van der Waals surface area contributed by atoms with E-state index in [2.05, 4.69) is 25.1 Å². The van der Waals surface area contributed by atoms with Crippen LogP contribution in [0.15, 0.2) is 9.15 Å². The molecular weight excluding hydrogens is 226 g/mol. The molecule has 0 aromatic carbocycles. The van der Waals surface area contributed by atoms with Crippen LogP contribution in [0.4, 0.5) is 5.82 Å². The first-order chi connectivity index (χ1) is 8.34. The van der Waals surface area contributed by atoms with Gasteiger partial charge in [0.05, 0.1) is 6.61 Å². The third-order valence-corrected chi connectivity index (χ3v) is 2.68. The number of rotatable bonds is 2. The van der Waals surface area contributed by atoms with Gasteiger partial charge in [-0.25, -0.2) is 4.63 Å². The molecule has 0 aliphatic carbocycles. The molecule has 3 heterocycles. The van der Waals surface area contributed by atoms with Gasteiger partial charge >= 0.3 is 0 Å². The van der Waals surface area contributed by atoms with Crippen molar-refractivity contribution in [2.45, 2.75) is 18.8 Å². The van der Waals surface area contributed by atoms with Gasteiger partial charge in [0.25, 0.3) is 5.89 Å². The minimum absolute atomic E-state index is 0.139. The minimum atomic E-state index is 0.139. The van der Waals surface area contributed by atoms with Gasteiger partial charge in [-0.15, -0.1) is 0 Å². The first-order valence-electron chi connectivity index (χ1n) is 5.34. The number of aromatic nitrogens is 4. The average molecular weight is 237 g/mol. The smallest absolute Gasteiger partial charge is 0.284 e. The highest BCUT2D eigenvalue weighted by Crippen LogP contribution is 2.26. The molecule has 90 valence electrons.